The van der Waals surface area contributed by atoms with Gasteiger partial charge in [0, 0.05) is 55.3 Å². The topological polar surface area (TPSA) is 101 Å². The molecule has 2 heterocycles. The Balaban J connectivity index is 1.77. The number of likely N-dealkylation sites (N-methyl/N-ethyl adjacent to an activating group) is 1. The highest BCUT2D eigenvalue weighted by atomic mass is 32.2. The summed E-state index contributed by atoms with van der Waals surface area (Å²) in [4.78, 5) is 28.4. The Hall–Kier alpha value is -3.63. The Morgan fingerprint density at radius 3 is 2.44 bits per heavy atom. The average molecular weight is 579 g/mol. The smallest absolute Gasteiger partial charge is 0.303 e. The summed E-state index contributed by atoms with van der Waals surface area (Å²) in [6.07, 6.45) is 7.61. The van der Waals surface area contributed by atoms with Gasteiger partial charge in [0.1, 0.15) is 5.75 Å². The van der Waals surface area contributed by atoms with Crippen LogP contribution in [0.1, 0.15) is 66.4 Å². The van der Waals surface area contributed by atoms with Crippen molar-refractivity contribution in [2.24, 2.45) is 0 Å². The fourth-order valence-electron chi connectivity index (χ4n) is 5.97. The van der Waals surface area contributed by atoms with Gasteiger partial charge in [0.15, 0.2) is 0 Å². The number of methoxy groups -OCH3 is 1. The lowest BCUT2D eigenvalue weighted by atomic mass is 9.81. The van der Waals surface area contributed by atoms with E-state index in [4.69, 9.17) is 4.74 Å². The van der Waals surface area contributed by atoms with Crippen LogP contribution in [-0.4, -0.2) is 68.8 Å². The normalized spacial score (nSPS) is 15.6. The number of benzene rings is 2. The Morgan fingerprint density at radius 1 is 1.05 bits per heavy atom. The number of hydrogen-bond acceptors (Lipinski definition) is 5. The molecule has 1 aliphatic carbocycles. The lowest BCUT2D eigenvalue weighted by molar-refractivity contribution is -0.125. The standard InChI is InChI=1S/C31H38N4O5S/c1-6-34(4)31(37)23-16-22-17-24(40-5)13-15-25(22)29-28(20-10-8-7-9-11-20)26-14-12-21(18-27(26)35(29)19-23)30(36)32-41(38,39)33(2)3/h12-18,20H,6-11,19H2,1-5H3,(H,32,36). The van der Waals surface area contributed by atoms with Crippen molar-refractivity contribution in [3.05, 3.63) is 58.7 Å². The molecule has 1 N–H and O–H groups in total. The van der Waals surface area contributed by atoms with Crippen molar-refractivity contribution in [2.45, 2.75) is 51.5 Å². The van der Waals surface area contributed by atoms with Gasteiger partial charge in [-0.3, -0.25) is 9.59 Å². The highest BCUT2D eigenvalue weighted by Crippen LogP contribution is 2.47. The van der Waals surface area contributed by atoms with E-state index in [0.717, 1.165) is 57.7 Å². The molecule has 0 spiro atoms. The third-order valence-electron chi connectivity index (χ3n) is 8.35. The van der Waals surface area contributed by atoms with E-state index in [1.54, 1.807) is 31.2 Å². The number of fused-ring (bicyclic) bond motifs is 5. The highest BCUT2D eigenvalue weighted by Gasteiger charge is 2.31. The minimum Gasteiger partial charge on any atom is -0.497 e. The second-order valence-electron chi connectivity index (χ2n) is 11.1. The highest BCUT2D eigenvalue weighted by molar-refractivity contribution is 7.87. The summed E-state index contributed by atoms with van der Waals surface area (Å²) in [7, 11) is 2.20. The van der Waals surface area contributed by atoms with Crippen molar-refractivity contribution in [3.8, 4) is 17.0 Å². The number of rotatable bonds is 7. The number of nitrogens with zero attached hydrogens (tertiary/aromatic N) is 3. The lowest BCUT2D eigenvalue weighted by Crippen LogP contribution is -2.39. The summed E-state index contributed by atoms with van der Waals surface area (Å²) in [5, 5.41) is 1.03. The molecule has 1 fully saturated rings. The van der Waals surface area contributed by atoms with Crippen LogP contribution in [0.25, 0.3) is 28.2 Å². The first-order chi connectivity index (χ1) is 19.6. The molecule has 2 aromatic carbocycles. The third kappa shape index (κ3) is 5.38. The number of aromatic nitrogens is 1. The zero-order valence-corrected chi connectivity index (χ0v) is 25.2. The first kappa shape index (κ1) is 28.9. The summed E-state index contributed by atoms with van der Waals surface area (Å²) in [6, 6.07) is 11.3. The largest absolute Gasteiger partial charge is 0.497 e. The van der Waals surface area contributed by atoms with Crippen LogP contribution in [0.3, 0.4) is 0 Å². The van der Waals surface area contributed by atoms with Crippen LogP contribution in [-0.2, 0) is 21.5 Å². The first-order valence-electron chi connectivity index (χ1n) is 14.1. The number of carbonyl (C=O) groups is 2. The monoisotopic (exact) mass is 578 g/mol. The molecule has 5 rings (SSSR count). The van der Waals surface area contributed by atoms with Crippen molar-refractivity contribution in [3.63, 3.8) is 0 Å². The van der Waals surface area contributed by atoms with E-state index in [-0.39, 0.29) is 11.5 Å². The second-order valence-corrected chi connectivity index (χ2v) is 13.0. The molecule has 2 aliphatic rings. The van der Waals surface area contributed by atoms with E-state index in [1.807, 2.05) is 31.2 Å². The van der Waals surface area contributed by atoms with Gasteiger partial charge in [0.25, 0.3) is 11.8 Å². The number of amides is 2. The average Bonchev–Trinajstić information content (AvgIpc) is 3.18. The maximum absolute atomic E-state index is 13.6. The van der Waals surface area contributed by atoms with Crippen LogP contribution in [0.5, 0.6) is 5.75 Å². The predicted octanol–water partition coefficient (Wildman–Crippen LogP) is 4.78. The first-order valence-corrected chi connectivity index (χ1v) is 15.5. The van der Waals surface area contributed by atoms with Crippen molar-refractivity contribution in [1.29, 1.82) is 0 Å². The number of nitrogens with one attached hydrogen (secondary N) is 1. The Morgan fingerprint density at radius 2 is 1.78 bits per heavy atom. The van der Waals surface area contributed by atoms with E-state index >= 15 is 0 Å². The number of hydrogen-bond donors (Lipinski definition) is 1. The molecule has 2 amide bonds. The van der Waals surface area contributed by atoms with Gasteiger partial charge in [-0.15, -0.1) is 0 Å². The summed E-state index contributed by atoms with van der Waals surface area (Å²) >= 11 is 0. The second kappa shape index (κ2) is 11.3. The van der Waals surface area contributed by atoms with Gasteiger partial charge in [-0.25, -0.2) is 4.72 Å². The zero-order valence-electron chi connectivity index (χ0n) is 24.4. The van der Waals surface area contributed by atoms with Gasteiger partial charge in [0.05, 0.1) is 19.3 Å². The predicted molar refractivity (Wildman–Crippen MR) is 161 cm³/mol. The molecule has 9 nitrogen and oxygen atoms in total. The quantitative estimate of drug-likeness (QED) is 0.435. The van der Waals surface area contributed by atoms with Crippen molar-refractivity contribution >= 4 is 39.0 Å². The fraction of sp³-hybridized carbons (Fsp3) is 0.419. The molecule has 1 saturated carbocycles. The summed E-state index contributed by atoms with van der Waals surface area (Å²) in [5.41, 5.74) is 5.85. The van der Waals surface area contributed by atoms with E-state index in [0.29, 0.717) is 30.3 Å². The number of carbonyl (C=O) groups excluding carboxylic acids is 2. The Labute approximate surface area is 241 Å². The van der Waals surface area contributed by atoms with Crippen molar-refractivity contribution in [1.82, 2.24) is 18.5 Å². The van der Waals surface area contributed by atoms with E-state index < -0.39 is 16.1 Å². The summed E-state index contributed by atoms with van der Waals surface area (Å²) < 4.78 is 35.6. The van der Waals surface area contributed by atoms with Crippen molar-refractivity contribution in [2.75, 3.05) is 34.8 Å². The summed E-state index contributed by atoms with van der Waals surface area (Å²) in [6.45, 7) is 2.83. The van der Waals surface area contributed by atoms with Crippen molar-refractivity contribution < 1.29 is 22.7 Å². The Kier molecular flexibility index (Phi) is 7.98. The van der Waals surface area contributed by atoms with Gasteiger partial charge in [-0.05, 0) is 73.2 Å². The molecular weight excluding hydrogens is 540 g/mol. The molecule has 0 bridgehead atoms. The molecule has 10 heteroatoms. The maximum atomic E-state index is 13.6. The molecule has 0 unspecified atom stereocenters. The van der Waals surface area contributed by atoms with Crippen LogP contribution in [0.2, 0.25) is 0 Å². The number of ether oxygens (including phenoxy) is 1. The van der Waals surface area contributed by atoms with E-state index in [2.05, 4.69) is 15.4 Å². The molecule has 0 atom stereocenters. The molecule has 0 radical (unpaired) electrons. The van der Waals surface area contributed by atoms with Gasteiger partial charge in [-0.1, -0.05) is 25.3 Å². The molecule has 1 aliphatic heterocycles. The minimum absolute atomic E-state index is 0.0684. The van der Waals surface area contributed by atoms with Gasteiger partial charge in [0.2, 0.25) is 0 Å². The molecule has 41 heavy (non-hydrogen) atoms. The molecule has 1 aromatic heterocycles. The molecule has 0 saturated heterocycles. The van der Waals surface area contributed by atoms with Gasteiger partial charge >= 0.3 is 10.2 Å². The van der Waals surface area contributed by atoms with Crippen LogP contribution < -0.4 is 9.46 Å². The van der Waals surface area contributed by atoms with Crippen LogP contribution in [0.15, 0.2) is 42.0 Å². The molecule has 3 aromatic rings. The lowest BCUT2D eigenvalue weighted by Gasteiger charge is -2.24. The van der Waals surface area contributed by atoms with Crippen LogP contribution >= 0.6 is 0 Å². The van der Waals surface area contributed by atoms with E-state index in [1.165, 1.54) is 26.1 Å². The maximum Gasteiger partial charge on any atom is 0.303 e. The zero-order chi connectivity index (χ0) is 29.5. The summed E-state index contributed by atoms with van der Waals surface area (Å²) in [5.74, 6) is 0.273. The molecular formula is C31H38N4O5S. The Bertz CT molecular complexity index is 1650. The third-order valence-corrected chi connectivity index (χ3v) is 9.75. The van der Waals surface area contributed by atoms with Crippen LogP contribution in [0.4, 0.5) is 0 Å². The van der Waals surface area contributed by atoms with Gasteiger partial charge < -0.3 is 14.2 Å². The fourth-order valence-corrected chi connectivity index (χ4v) is 6.50. The van der Waals surface area contributed by atoms with E-state index in [9.17, 15) is 18.0 Å². The SMILES string of the molecule is CCN(C)C(=O)C1=Cc2cc(OC)ccc2-c2c(C3CCCCC3)c3ccc(C(=O)NS(=O)(=O)N(C)C)cc3n2C1. The molecule has 218 valence electrons. The van der Waals surface area contributed by atoms with Crippen LogP contribution in [0, 0.1) is 0 Å². The van der Waals surface area contributed by atoms with Gasteiger partial charge in [-0.2, -0.15) is 12.7 Å². The minimum atomic E-state index is -3.96.